The van der Waals surface area contributed by atoms with E-state index in [0.29, 0.717) is 17.0 Å². The van der Waals surface area contributed by atoms with Gasteiger partial charge in [-0.15, -0.1) is 0 Å². The van der Waals surface area contributed by atoms with Crippen LogP contribution in [0.15, 0.2) is 18.2 Å². The van der Waals surface area contributed by atoms with Crippen LogP contribution < -0.4 is 9.80 Å². The fraction of sp³-hybridized carbons (Fsp3) is 0.333. The van der Waals surface area contributed by atoms with Gasteiger partial charge in [0.2, 0.25) is 6.10 Å². The summed E-state index contributed by atoms with van der Waals surface area (Å²) >= 11 is 0. The fourth-order valence-corrected chi connectivity index (χ4v) is 1.96. The first-order valence-electron chi connectivity index (χ1n) is 5.57. The van der Waals surface area contributed by atoms with Crippen LogP contribution in [0.25, 0.3) is 0 Å². The highest BCUT2D eigenvalue weighted by atomic mass is 16.8. The van der Waals surface area contributed by atoms with Gasteiger partial charge in [0.25, 0.3) is 6.23 Å². The highest BCUT2D eigenvalue weighted by Gasteiger charge is 2.46. The van der Waals surface area contributed by atoms with E-state index in [4.69, 9.17) is 9.57 Å². The molecule has 7 heteroatoms. The van der Waals surface area contributed by atoms with Crippen molar-refractivity contribution in [1.82, 2.24) is 0 Å². The summed E-state index contributed by atoms with van der Waals surface area (Å²) in [5.41, 5.74) is 1.30. The average molecular weight is 265 g/mol. The zero-order valence-electron chi connectivity index (χ0n) is 10.3. The highest BCUT2D eigenvalue weighted by molar-refractivity contribution is 5.83. The van der Waals surface area contributed by atoms with Gasteiger partial charge in [0, 0.05) is 11.6 Å². The number of nitrogens with zero attached hydrogens (tertiary/aromatic N) is 1. The van der Waals surface area contributed by atoms with E-state index in [1.165, 1.54) is 19.3 Å². The topological polar surface area (TPSA) is 77.4 Å². The molecule has 0 aliphatic carbocycles. The predicted octanol–water partition coefficient (Wildman–Crippen LogP) is 0.544. The molecule has 0 spiro atoms. The highest BCUT2D eigenvalue weighted by Crippen LogP contribution is 2.40. The molecule has 1 aromatic rings. The third-order valence-electron chi connectivity index (χ3n) is 2.92. The molecule has 100 valence electrons. The number of hydrogen-bond donors (Lipinski definition) is 0. The zero-order chi connectivity index (χ0) is 13.6. The third kappa shape index (κ3) is 1.88. The Morgan fingerprint density at radius 3 is 2.58 bits per heavy atom. The number of carbonyl (C=O) groups is 2. The molecule has 3 rings (SSSR count). The van der Waals surface area contributed by atoms with Crippen LogP contribution in [0.2, 0.25) is 0 Å². The molecule has 0 aromatic heterocycles. The lowest BCUT2D eigenvalue weighted by molar-refractivity contribution is -0.148. The molecule has 0 amide bonds. The Morgan fingerprint density at radius 2 is 1.89 bits per heavy atom. The van der Waals surface area contributed by atoms with Gasteiger partial charge in [-0.2, -0.15) is 0 Å². The molecule has 2 unspecified atom stereocenters. The molecule has 1 fully saturated rings. The van der Waals surface area contributed by atoms with Gasteiger partial charge in [0.15, 0.2) is 0 Å². The summed E-state index contributed by atoms with van der Waals surface area (Å²) in [6.07, 6.45) is -1.49. The van der Waals surface area contributed by atoms with E-state index in [9.17, 15) is 9.59 Å². The van der Waals surface area contributed by atoms with Gasteiger partial charge in [-0.1, -0.05) is 0 Å². The van der Waals surface area contributed by atoms with E-state index < -0.39 is 24.3 Å². The van der Waals surface area contributed by atoms with Gasteiger partial charge in [-0.3, -0.25) is 0 Å². The van der Waals surface area contributed by atoms with E-state index in [0.717, 1.165) is 0 Å². The molecule has 2 aliphatic rings. The second-order valence-electron chi connectivity index (χ2n) is 4.09. The fourth-order valence-electron chi connectivity index (χ4n) is 1.96. The van der Waals surface area contributed by atoms with E-state index in [-0.39, 0.29) is 0 Å². The number of carbonyl (C=O) groups excluding carboxylic acids is 2. The van der Waals surface area contributed by atoms with Crippen LogP contribution in [0.1, 0.15) is 11.7 Å². The number of ether oxygens (including phenoxy) is 3. The quantitative estimate of drug-likeness (QED) is 0.583. The third-order valence-corrected chi connectivity index (χ3v) is 2.92. The van der Waals surface area contributed by atoms with Gasteiger partial charge in [-0.25, -0.2) is 19.5 Å². The first-order valence-corrected chi connectivity index (χ1v) is 5.57. The lowest BCUT2D eigenvalue weighted by atomic mass is 10.1. The summed E-state index contributed by atoms with van der Waals surface area (Å²) < 4.78 is 14.6. The van der Waals surface area contributed by atoms with Gasteiger partial charge in [0.05, 0.1) is 19.9 Å². The number of rotatable bonds is 3. The van der Waals surface area contributed by atoms with Crippen molar-refractivity contribution >= 4 is 17.6 Å². The molecule has 0 N–H and O–H groups in total. The van der Waals surface area contributed by atoms with Crippen LogP contribution >= 0.6 is 0 Å². The zero-order valence-corrected chi connectivity index (χ0v) is 10.3. The Labute approximate surface area is 108 Å². The van der Waals surface area contributed by atoms with E-state index in [2.05, 4.69) is 9.47 Å². The van der Waals surface area contributed by atoms with Crippen molar-refractivity contribution in [2.24, 2.45) is 0 Å². The molecule has 2 heterocycles. The van der Waals surface area contributed by atoms with Crippen molar-refractivity contribution in [1.29, 1.82) is 0 Å². The molecule has 7 nitrogen and oxygen atoms in total. The molecule has 0 saturated carbocycles. The van der Waals surface area contributed by atoms with Crippen molar-refractivity contribution in [2.75, 3.05) is 19.3 Å². The Hall–Kier alpha value is -2.28. The maximum absolute atomic E-state index is 11.5. The van der Waals surface area contributed by atoms with Gasteiger partial charge in [0.1, 0.15) is 5.75 Å². The SMILES string of the molecule is COC(=O)C1Oc2cc1cc(N1OC1C(=O)OC)c2. The number of hydroxylamine groups is 1. The normalized spacial score (nSPS) is 22.7. The minimum absolute atomic E-state index is 0.469. The smallest absolute Gasteiger partial charge is 0.361 e. The second kappa shape index (κ2) is 4.13. The molecule has 0 radical (unpaired) electrons. The van der Waals surface area contributed by atoms with Crippen LogP contribution in [0.5, 0.6) is 5.75 Å². The Kier molecular flexibility index (Phi) is 2.56. The van der Waals surface area contributed by atoms with Crippen LogP contribution in [0.4, 0.5) is 5.69 Å². The van der Waals surface area contributed by atoms with E-state index in [1.54, 1.807) is 18.2 Å². The van der Waals surface area contributed by atoms with Crippen molar-refractivity contribution < 1.29 is 28.6 Å². The van der Waals surface area contributed by atoms with Crippen molar-refractivity contribution in [3.8, 4) is 5.75 Å². The molecule has 1 saturated heterocycles. The average Bonchev–Trinajstić information content (AvgIpc) is 3.17. The van der Waals surface area contributed by atoms with Crippen molar-refractivity contribution in [2.45, 2.75) is 12.3 Å². The number of anilines is 1. The summed E-state index contributed by atoms with van der Waals surface area (Å²) in [6.45, 7) is 0. The maximum Gasteiger partial charge on any atom is 0.361 e. The molecule has 2 atom stereocenters. The van der Waals surface area contributed by atoms with E-state index >= 15 is 0 Å². The minimum atomic E-state index is -0.759. The summed E-state index contributed by atoms with van der Waals surface area (Å²) in [7, 11) is 2.59. The molecule has 2 bridgehead atoms. The van der Waals surface area contributed by atoms with Crippen LogP contribution in [-0.2, 0) is 23.9 Å². The number of esters is 2. The standard InChI is InChI=1S/C12H11NO6/c1-16-11(14)9-6-3-7(5-8(4-6)18-9)13-10(19-13)12(15)17-2/h3-5,9-10H,1-2H3. The molecule has 1 aromatic carbocycles. The predicted molar refractivity (Wildman–Crippen MR) is 61.2 cm³/mol. The number of methoxy groups -OCH3 is 2. The Bertz CT molecular complexity index is 557. The summed E-state index contributed by atoms with van der Waals surface area (Å²) in [5, 5.41) is 1.39. The molecular formula is C12H11NO6. The monoisotopic (exact) mass is 265 g/mol. The van der Waals surface area contributed by atoms with Crippen LogP contribution in [-0.4, -0.2) is 32.4 Å². The van der Waals surface area contributed by atoms with Crippen LogP contribution in [0.3, 0.4) is 0 Å². The summed E-state index contributed by atoms with van der Waals surface area (Å²) in [5.74, 6) is -0.415. The van der Waals surface area contributed by atoms with Crippen molar-refractivity contribution in [3.05, 3.63) is 23.8 Å². The Morgan fingerprint density at radius 1 is 1.16 bits per heavy atom. The van der Waals surface area contributed by atoms with Gasteiger partial charge >= 0.3 is 11.9 Å². The number of hydrogen-bond acceptors (Lipinski definition) is 7. The first-order chi connectivity index (χ1) is 9.13. The molecule has 2 aliphatic heterocycles. The second-order valence-corrected chi connectivity index (χ2v) is 4.09. The lowest BCUT2D eigenvalue weighted by Crippen LogP contribution is -2.16. The minimum Gasteiger partial charge on any atom is -0.474 e. The lowest BCUT2D eigenvalue weighted by Gasteiger charge is -2.07. The van der Waals surface area contributed by atoms with E-state index in [1.807, 2.05) is 0 Å². The largest absolute Gasteiger partial charge is 0.474 e. The first kappa shape index (κ1) is 11.8. The summed E-state index contributed by atoms with van der Waals surface area (Å²) in [6, 6.07) is 5.12. The number of fused-ring (bicyclic) bond motifs is 2. The number of benzene rings is 1. The van der Waals surface area contributed by atoms with Gasteiger partial charge in [-0.05, 0) is 12.1 Å². The van der Waals surface area contributed by atoms with Crippen LogP contribution in [0, 0.1) is 0 Å². The maximum atomic E-state index is 11.5. The molecular weight excluding hydrogens is 254 g/mol. The summed E-state index contributed by atoms with van der Waals surface area (Å²) in [4.78, 5) is 27.9. The van der Waals surface area contributed by atoms with Gasteiger partial charge < -0.3 is 14.2 Å². The Balaban J connectivity index is 1.81. The molecule has 19 heavy (non-hydrogen) atoms. The van der Waals surface area contributed by atoms with Crippen molar-refractivity contribution in [3.63, 3.8) is 0 Å².